The third-order valence-electron chi connectivity index (χ3n) is 3.03. The summed E-state index contributed by atoms with van der Waals surface area (Å²) in [6.45, 7) is 4.82. The lowest BCUT2D eigenvalue weighted by molar-refractivity contribution is 0.665. The van der Waals surface area contributed by atoms with Crippen LogP contribution in [-0.4, -0.2) is 11.0 Å². The number of hydrogen-bond donors (Lipinski definition) is 2. The molecular weight excluding hydrogens is 198 g/mol. The predicted molar refractivity (Wildman–Crippen MR) is 67.5 cm³/mol. The molecule has 0 unspecified atom stereocenters. The van der Waals surface area contributed by atoms with Crippen molar-refractivity contribution < 1.29 is 0 Å². The lowest BCUT2D eigenvalue weighted by Crippen LogP contribution is -2.17. The van der Waals surface area contributed by atoms with Crippen molar-refractivity contribution in [3.63, 3.8) is 0 Å². The van der Waals surface area contributed by atoms with Crippen molar-refractivity contribution >= 4 is 5.82 Å². The van der Waals surface area contributed by atoms with Gasteiger partial charge in [-0.2, -0.15) is 0 Å². The van der Waals surface area contributed by atoms with E-state index in [1.54, 1.807) is 0 Å². The Hall–Kier alpha value is -1.09. The molecule has 0 saturated carbocycles. The van der Waals surface area contributed by atoms with Gasteiger partial charge in [-0.3, -0.25) is 0 Å². The Morgan fingerprint density at radius 3 is 2.81 bits per heavy atom. The topological polar surface area (TPSA) is 50.9 Å². The van der Waals surface area contributed by atoms with Gasteiger partial charge < -0.3 is 11.1 Å². The summed E-state index contributed by atoms with van der Waals surface area (Å²) in [7, 11) is 0. The van der Waals surface area contributed by atoms with Gasteiger partial charge in [-0.25, -0.2) is 4.98 Å². The molecule has 1 heterocycles. The monoisotopic (exact) mass is 219 g/mol. The van der Waals surface area contributed by atoms with E-state index < -0.39 is 0 Å². The Morgan fingerprint density at radius 2 is 2.12 bits per heavy atom. The molecule has 0 radical (unpaired) electrons. The number of aryl methyl sites for hydroxylation is 2. The maximum absolute atomic E-state index is 5.78. The Morgan fingerprint density at radius 1 is 1.38 bits per heavy atom. The van der Waals surface area contributed by atoms with E-state index in [4.69, 9.17) is 10.7 Å². The normalized spacial score (nSPS) is 15.0. The van der Waals surface area contributed by atoms with Crippen molar-refractivity contribution in [2.75, 3.05) is 5.32 Å². The zero-order chi connectivity index (χ0) is 11.5. The van der Waals surface area contributed by atoms with Gasteiger partial charge in [0.2, 0.25) is 0 Å². The fourth-order valence-corrected chi connectivity index (χ4v) is 2.24. The number of rotatable bonds is 3. The summed E-state index contributed by atoms with van der Waals surface area (Å²) >= 11 is 0. The average molecular weight is 219 g/mol. The summed E-state index contributed by atoms with van der Waals surface area (Å²) in [4.78, 5) is 4.73. The van der Waals surface area contributed by atoms with E-state index in [1.807, 2.05) is 0 Å². The highest BCUT2D eigenvalue weighted by Gasteiger charge is 2.14. The molecule has 0 aromatic carbocycles. The molecule has 1 aromatic heterocycles. The van der Waals surface area contributed by atoms with Gasteiger partial charge in [0.1, 0.15) is 5.82 Å². The van der Waals surface area contributed by atoms with E-state index >= 15 is 0 Å². The molecule has 0 atom stereocenters. The molecule has 1 aliphatic rings. The number of hydrogen-bond acceptors (Lipinski definition) is 3. The lowest BCUT2D eigenvalue weighted by Gasteiger charge is -2.20. The van der Waals surface area contributed by atoms with Crippen molar-refractivity contribution in [1.82, 2.24) is 4.98 Å². The van der Waals surface area contributed by atoms with Crippen LogP contribution in [0.5, 0.6) is 0 Å². The van der Waals surface area contributed by atoms with Crippen LogP contribution >= 0.6 is 0 Å². The molecule has 1 aromatic rings. The second kappa shape index (κ2) is 4.83. The van der Waals surface area contributed by atoms with Crippen LogP contribution in [0.4, 0.5) is 5.82 Å². The molecule has 0 amide bonds. The molecule has 0 saturated heterocycles. The minimum atomic E-state index is 0.402. The summed E-state index contributed by atoms with van der Waals surface area (Å²) in [6.07, 6.45) is 4.84. The van der Waals surface area contributed by atoms with Gasteiger partial charge in [0.15, 0.2) is 0 Å². The molecule has 2 rings (SSSR count). The maximum Gasteiger partial charge on any atom is 0.130 e. The number of aromatic nitrogens is 1. The molecule has 0 bridgehead atoms. The van der Waals surface area contributed by atoms with Gasteiger partial charge >= 0.3 is 0 Å². The Kier molecular flexibility index (Phi) is 3.44. The average Bonchev–Trinajstić information content (AvgIpc) is 2.27. The predicted octanol–water partition coefficient (Wildman–Crippen LogP) is 2.24. The molecule has 0 fully saturated rings. The van der Waals surface area contributed by atoms with Crippen LogP contribution < -0.4 is 11.1 Å². The van der Waals surface area contributed by atoms with Gasteiger partial charge in [-0.1, -0.05) is 0 Å². The number of nitrogens with zero attached hydrogens (tertiary/aromatic N) is 1. The minimum Gasteiger partial charge on any atom is -0.368 e. The van der Waals surface area contributed by atoms with Crippen molar-refractivity contribution in [2.45, 2.75) is 52.1 Å². The van der Waals surface area contributed by atoms with Crippen LogP contribution in [0.3, 0.4) is 0 Å². The van der Waals surface area contributed by atoms with E-state index in [1.165, 1.54) is 24.1 Å². The number of fused-ring (bicyclic) bond motifs is 1. The lowest BCUT2D eigenvalue weighted by atomic mass is 9.94. The molecule has 3 N–H and O–H groups in total. The van der Waals surface area contributed by atoms with Gasteiger partial charge in [0, 0.05) is 23.8 Å². The fourth-order valence-electron chi connectivity index (χ4n) is 2.24. The highest BCUT2D eigenvalue weighted by atomic mass is 15.0. The largest absolute Gasteiger partial charge is 0.368 e. The third-order valence-corrected chi connectivity index (χ3v) is 3.03. The van der Waals surface area contributed by atoms with E-state index in [9.17, 15) is 0 Å². The SMILES string of the molecule is CC(C)Nc1nc2c(cc1CN)CCCC2. The Bertz CT molecular complexity index is 372. The highest BCUT2D eigenvalue weighted by Crippen LogP contribution is 2.24. The molecule has 1 aliphatic carbocycles. The van der Waals surface area contributed by atoms with Crippen molar-refractivity contribution in [3.05, 3.63) is 22.9 Å². The summed E-state index contributed by atoms with van der Waals surface area (Å²) in [5.74, 6) is 0.984. The Balaban J connectivity index is 2.35. The second-order valence-electron chi connectivity index (χ2n) is 4.81. The Labute approximate surface area is 97.5 Å². The van der Waals surface area contributed by atoms with Crippen LogP contribution in [0, 0.1) is 0 Å². The van der Waals surface area contributed by atoms with Crippen molar-refractivity contribution in [1.29, 1.82) is 0 Å². The smallest absolute Gasteiger partial charge is 0.130 e. The van der Waals surface area contributed by atoms with Gasteiger partial charge in [-0.05, 0) is 51.2 Å². The van der Waals surface area contributed by atoms with Crippen LogP contribution in [0.1, 0.15) is 43.5 Å². The van der Waals surface area contributed by atoms with E-state index in [-0.39, 0.29) is 0 Å². The molecule has 0 aliphatic heterocycles. The van der Waals surface area contributed by atoms with Gasteiger partial charge in [-0.15, -0.1) is 0 Å². The summed E-state index contributed by atoms with van der Waals surface area (Å²) < 4.78 is 0. The van der Waals surface area contributed by atoms with Crippen molar-refractivity contribution in [3.8, 4) is 0 Å². The van der Waals surface area contributed by atoms with Crippen LogP contribution in [0.15, 0.2) is 6.07 Å². The molecule has 0 spiro atoms. The van der Waals surface area contributed by atoms with E-state index in [0.717, 1.165) is 24.2 Å². The van der Waals surface area contributed by atoms with Gasteiger partial charge in [0.25, 0.3) is 0 Å². The number of anilines is 1. The van der Waals surface area contributed by atoms with Crippen molar-refractivity contribution in [2.24, 2.45) is 5.73 Å². The summed E-state index contributed by atoms with van der Waals surface area (Å²) in [5, 5.41) is 3.38. The summed E-state index contributed by atoms with van der Waals surface area (Å²) in [6, 6.07) is 2.64. The van der Waals surface area contributed by atoms with Gasteiger partial charge in [0.05, 0.1) is 0 Å². The number of nitrogens with two attached hydrogens (primary N) is 1. The molecule has 3 heteroatoms. The number of pyridine rings is 1. The number of nitrogens with one attached hydrogen (secondary N) is 1. The van der Waals surface area contributed by atoms with E-state index in [2.05, 4.69) is 25.2 Å². The van der Waals surface area contributed by atoms with Crippen LogP contribution in [-0.2, 0) is 19.4 Å². The summed E-state index contributed by atoms with van der Waals surface area (Å²) in [5.41, 5.74) is 9.60. The highest BCUT2D eigenvalue weighted by molar-refractivity contribution is 5.48. The maximum atomic E-state index is 5.78. The van der Waals surface area contributed by atoms with E-state index in [0.29, 0.717) is 12.6 Å². The molecule has 88 valence electrons. The second-order valence-corrected chi connectivity index (χ2v) is 4.81. The minimum absolute atomic E-state index is 0.402. The first kappa shape index (κ1) is 11.4. The van der Waals surface area contributed by atoms with Crippen LogP contribution in [0.25, 0.3) is 0 Å². The molecule has 16 heavy (non-hydrogen) atoms. The first-order valence-corrected chi connectivity index (χ1v) is 6.19. The zero-order valence-electron chi connectivity index (χ0n) is 10.2. The van der Waals surface area contributed by atoms with Crippen LogP contribution in [0.2, 0.25) is 0 Å². The molecular formula is C13H21N3. The third kappa shape index (κ3) is 2.35. The fraction of sp³-hybridized carbons (Fsp3) is 0.615. The standard InChI is InChI=1S/C13H21N3/c1-9(2)15-13-11(8-14)7-10-5-3-4-6-12(10)16-13/h7,9H,3-6,8,14H2,1-2H3,(H,15,16). The zero-order valence-corrected chi connectivity index (χ0v) is 10.2. The first-order chi connectivity index (χ1) is 7.70. The molecule has 3 nitrogen and oxygen atoms in total. The quantitative estimate of drug-likeness (QED) is 0.819. The first-order valence-electron chi connectivity index (χ1n) is 6.19.